The minimum Gasteiger partial charge on any atom is -0.346 e. The van der Waals surface area contributed by atoms with Gasteiger partial charge in [-0.2, -0.15) is 11.8 Å². The van der Waals surface area contributed by atoms with Crippen LogP contribution in [0.4, 0.5) is 10.1 Å². The lowest BCUT2D eigenvalue weighted by molar-refractivity contribution is -0.125. The molecule has 2 amide bonds. The fourth-order valence-electron chi connectivity index (χ4n) is 1.45. The third kappa shape index (κ3) is 6.03. The topological polar surface area (TPSA) is 84.2 Å². The van der Waals surface area contributed by atoms with Crippen LogP contribution < -0.4 is 16.4 Å². The van der Waals surface area contributed by atoms with Gasteiger partial charge in [-0.15, -0.1) is 0 Å². The highest BCUT2D eigenvalue weighted by atomic mass is 32.2. The Kier molecular flexibility index (Phi) is 7.03. The fourth-order valence-corrected chi connectivity index (χ4v) is 1.94. The van der Waals surface area contributed by atoms with E-state index < -0.39 is 17.8 Å². The van der Waals surface area contributed by atoms with Crippen LogP contribution in [0.3, 0.4) is 0 Å². The molecule has 1 aromatic rings. The van der Waals surface area contributed by atoms with Crippen LogP contribution in [0.5, 0.6) is 0 Å². The molecule has 0 radical (unpaired) electrons. The molecule has 0 saturated heterocycles. The number of amides is 2. The standard InChI is InChI=1S/C13H18FN3O2S/c1-20-6-5-11(15)13(19)16-8-12(18)17-10-4-2-3-9(14)7-10/h2-4,7,11H,5-6,8,15H2,1H3,(H,16,19)(H,17,18)/t11-/m0/s1. The van der Waals surface area contributed by atoms with Gasteiger partial charge in [-0.1, -0.05) is 6.07 Å². The van der Waals surface area contributed by atoms with E-state index in [1.54, 1.807) is 17.8 Å². The first-order valence-corrected chi connectivity index (χ1v) is 7.50. The Morgan fingerprint density at radius 3 is 2.85 bits per heavy atom. The van der Waals surface area contributed by atoms with E-state index in [4.69, 9.17) is 5.73 Å². The van der Waals surface area contributed by atoms with Crippen LogP contribution >= 0.6 is 11.8 Å². The van der Waals surface area contributed by atoms with Gasteiger partial charge in [-0.25, -0.2) is 4.39 Å². The molecule has 4 N–H and O–H groups in total. The minimum atomic E-state index is -0.621. The summed E-state index contributed by atoms with van der Waals surface area (Å²) in [5, 5.41) is 4.93. The van der Waals surface area contributed by atoms with E-state index in [9.17, 15) is 14.0 Å². The van der Waals surface area contributed by atoms with Crippen LogP contribution in [0.15, 0.2) is 24.3 Å². The normalized spacial score (nSPS) is 11.8. The monoisotopic (exact) mass is 299 g/mol. The molecule has 1 aromatic carbocycles. The summed E-state index contributed by atoms with van der Waals surface area (Å²) in [5.41, 5.74) is 6.00. The molecule has 0 aliphatic heterocycles. The number of nitrogens with one attached hydrogen (secondary N) is 2. The zero-order valence-electron chi connectivity index (χ0n) is 11.2. The Morgan fingerprint density at radius 2 is 2.20 bits per heavy atom. The molecule has 7 heteroatoms. The van der Waals surface area contributed by atoms with E-state index >= 15 is 0 Å². The van der Waals surface area contributed by atoms with E-state index in [0.717, 1.165) is 5.75 Å². The lowest BCUT2D eigenvalue weighted by Gasteiger charge is -2.11. The highest BCUT2D eigenvalue weighted by Gasteiger charge is 2.13. The Hall–Kier alpha value is -1.60. The maximum absolute atomic E-state index is 12.9. The second-order valence-electron chi connectivity index (χ2n) is 4.16. The van der Waals surface area contributed by atoms with Crippen molar-refractivity contribution in [2.24, 2.45) is 5.73 Å². The summed E-state index contributed by atoms with van der Waals surface area (Å²) >= 11 is 1.60. The minimum absolute atomic E-state index is 0.192. The van der Waals surface area contributed by atoms with E-state index in [2.05, 4.69) is 10.6 Å². The van der Waals surface area contributed by atoms with Crippen molar-refractivity contribution in [3.8, 4) is 0 Å². The first kappa shape index (κ1) is 16.5. The Morgan fingerprint density at radius 1 is 1.45 bits per heavy atom. The van der Waals surface area contributed by atoms with E-state index in [0.29, 0.717) is 12.1 Å². The molecule has 0 bridgehead atoms. The van der Waals surface area contributed by atoms with Crippen molar-refractivity contribution in [1.29, 1.82) is 0 Å². The maximum Gasteiger partial charge on any atom is 0.243 e. The second kappa shape index (κ2) is 8.55. The average molecular weight is 299 g/mol. The third-order valence-electron chi connectivity index (χ3n) is 2.50. The summed E-state index contributed by atoms with van der Waals surface area (Å²) in [6.07, 6.45) is 2.48. The van der Waals surface area contributed by atoms with Gasteiger partial charge in [0.1, 0.15) is 5.82 Å². The van der Waals surface area contributed by atoms with Crippen molar-refractivity contribution >= 4 is 29.3 Å². The number of halogens is 1. The quantitative estimate of drug-likeness (QED) is 0.700. The number of carbonyl (C=O) groups excluding carboxylic acids is 2. The summed E-state index contributed by atoms with van der Waals surface area (Å²) in [5.74, 6) is -0.454. The molecule has 0 spiro atoms. The Balaban J connectivity index is 2.34. The summed E-state index contributed by atoms with van der Waals surface area (Å²) in [7, 11) is 0. The molecule has 5 nitrogen and oxygen atoms in total. The largest absolute Gasteiger partial charge is 0.346 e. The highest BCUT2D eigenvalue weighted by Crippen LogP contribution is 2.08. The van der Waals surface area contributed by atoms with Gasteiger partial charge >= 0.3 is 0 Å². The number of hydrogen-bond donors (Lipinski definition) is 3. The van der Waals surface area contributed by atoms with Gasteiger partial charge in [-0.3, -0.25) is 9.59 Å². The Bertz CT molecular complexity index is 471. The molecule has 0 saturated carbocycles. The van der Waals surface area contributed by atoms with E-state index in [1.165, 1.54) is 18.2 Å². The molecule has 0 fully saturated rings. The maximum atomic E-state index is 12.9. The smallest absolute Gasteiger partial charge is 0.243 e. The van der Waals surface area contributed by atoms with Crippen molar-refractivity contribution in [3.05, 3.63) is 30.1 Å². The predicted molar refractivity (Wildman–Crippen MR) is 79.0 cm³/mol. The molecule has 20 heavy (non-hydrogen) atoms. The number of carbonyl (C=O) groups is 2. The highest BCUT2D eigenvalue weighted by molar-refractivity contribution is 7.98. The van der Waals surface area contributed by atoms with E-state index in [1.807, 2.05) is 6.26 Å². The molecule has 0 heterocycles. The van der Waals surface area contributed by atoms with Gasteiger partial charge in [0, 0.05) is 5.69 Å². The van der Waals surface area contributed by atoms with Crippen LogP contribution in [0, 0.1) is 5.82 Å². The third-order valence-corrected chi connectivity index (χ3v) is 3.15. The van der Waals surface area contributed by atoms with Crippen LogP contribution in [-0.4, -0.2) is 36.4 Å². The lowest BCUT2D eigenvalue weighted by Crippen LogP contribution is -2.43. The zero-order chi connectivity index (χ0) is 15.0. The molecule has 1 rings (SSSR count). The number of nitrogens with two attached hydrogens (primary N) is 1. The summed E-state index contributed by atoms with van der Waals surface area (Å²) in [6.45, 7) is -0.192. The molecule has 110 valence electrons. The van der Waals surface area contributed by atoms with Gasteiger partial charge in [-0.05, 0) is 36.6 Å². The van der Waals surface area contributed by atoms with Crippen molar-refractivity contribution in [2.45, 2.75) is 12.5 Å². The molecule has 0 aliphatic carbocycles. The molecular formula is C13H18FN3O2S. The number of rotatable bonds is 7. The number of benzene rings is 1. The van der Waals surface area contributed by atoms with Gasteiger partial charge in [0.05, 0.1) is 12.6 Å². The van der Waals surface area contributed by atoms with Gasteiger partial charge < -0.3 is 16.4 Å². The van der Waals surface area contributed by atoms with Crippen molar-refractivity contribution in [1.82, 2.24) is 5.32 Å². The zero-order valence-corrected chi connectivity index (χ0v) is 12.0. The van der Waals surface area contributed by atoms with E-state index in [-0.39, 0.29) is 12.5 Å². The molecule has 0 aromatic heterocycles. The van der Waals surface area contributed by atoms with Crippen molar-refractivity contribution in [3.63, 3.8) is 0 Å². The predicted octanol–water partition coefficient (Wildman–Crippen LogP) is 0.961. The SMILES string of the molecule is CSCC[C@H](N)C(=O)NCC(=O)Nc1cccc(F)c1. The van der Waals surface area contributed by atoms with Gasteiger partial charge in [0.2, 0.25) is 11.8 Å². The summed E-state index contributed by atoms with van der Waals surface area (Å²) in [6, 6.07) is 4.91. The Labute approximate surface area is 121 Å². The number of thioether (sulfide) groups is 1. The average Bonchev–Trinajstić information content (AvgIpc) is 2.42. The number of anilines is 1. The molecule has 0 unspecified atom stereocenters. The second-order valence-corrected chi connectivity index (χ2v) is 5.15. The summed E-state index contributed by atoms with van der Waals surface area (Å²) in [4.78, 5) is 23.1. The lowest BCUT2D eigenvalue weighted by atomic mass is 10.2. The van der Waals surface area contributed by atoms with Crippen molar-refractivity contribution in [2.75, 3.05) is 23.9 Å². The molecule has 1 atom stereocenters. The van der Waals surface area contributed by atoms with Crippen molar-refractivity contribution < 1.29 is 14.0 Å². The molecular weight excluding hydrogens is 281 g/mol. The first-order valence-electron chi connectivity index (χ1n) is 6.10. The van der Waals surface area contributed by atoms with Gasteiger partial charge in [0.25, 0.3) is 0 Å². The fraction of sp³-hybridized carbons (Fsp3) is 0.385. The summed E-state index contributed by atoms with van der Waals surface area (Å²) < 4.78 is 12.9. The van der Waals surface area contributed by atoms with Crippen LogP contribution in [0.2, 0.25) is 0 Å². The van der Waals surface area contributed by atoms with Crippen LogP contribution in [0.1, 0.15) is 6.42 Å². The molecule has 0 aliphatic rings. The first-order chi connectivity index (χ1) is 9.52. The number of hydrogen-bond acceptors (Lipinski definition) is 4. The van der Waals surface area contributed by atoms with Gasteiger partial charge in [0.15, 0.2) is 0 Å². The van der Waals surface area contributed by atoms with Crippen LogP contribution in [0.25, 0.3) is 0 Å². The van der Waals surface area contributed by atoms with Crippen LogP contribution in [-0.2, 0) is 9.59 Å².